The highest BCUT2D eigenvalue weighted by atomic mass is 35.5. The second kappa shape index (κ2) is 8.14. The number of nitrogens with zero attached hydrogens (tertiary/aromatic N) is 2. The maximum atomic E-state index is 6.29. The largest absolute Gasteiger partial charge is 0.353 e. The lowest BCUT2D eigenvalue weighted by Crippen LogP contribution is -2.52. The van der Waals surface area contributed by atoms with Gasteiger partial charge in [0.2, 0.25) is 0 Å². The van der Waals surface area contributed by atoms with Crippen molar-refractivity contribution in [3.8, 4) is 0 Å². The van der Waals surface area contributed by atoms with E-state index >= 15 is 0 Å². The van der Waals surface area contributed by atoms with E-state index in [4.69, 9.17) is 16.6 Å². The lowest BCUT2D eigenvalue weighted by atomic mass is 9.98. The highest BCUT2D eigenvalue weighted by Crippen LogP contribution is 2.37. The average Bonchev–Trinajstić information content (AvgIpc) is 2.84. The number of nitrogens with one attached hydrogen (secondary N) is 2. The number of piperazine rings is 1. The van der Waals surface area contributed by atoms with E-state index in [1.54, 1.807) is 0 Å². The van der Waals surface area contributed by atoms with Crippen molar-refractivity contribution in [2.24, 2.45) is 4.99 Å². The van der Waals surface area contributed by atoms with E-state index in [2.05, 4.69) is 54.5 Å². The van der Waals surface area contributed by atoms with Crippen molar-refractivity contribution in [3.63, 3.8) is 0 Å². The summed E-state index contributed by atoms with van der Waals surface area (Å²) in [4.78, 5) is 7.57. The summed E-state index contributed by atoms with van der Waals surface area (Å²) in [6, 6.07) is 13.1. The van der Waals surface area contributed by atoms with Crippen molar-refractivity contribution in [2.75, 3.05) is 25.0 Å². The molecule has 2 aliphatic rings. The Bertz CT molecular complexity index is 888. The monoisotopic (exact) mass is 396 g/mol. The highest BCUT2D eigenvalue weighted by molar-refractivity contribution is 6.31. The van der Waals surface area contributed by atoms with Crippen LogP contribution >= 0.6 is 11.6 Å². The van der Waals surface area contributed by atoms with Gasteiger partial charge >= 0.3 is 0 Å². The van der Waals surface area contributed by atoms with E-state index in [0.29, 0.717) is 17.0 Å². The number of benzene rings is 2. The first-order chi connectivity index (χ1) is 13.5. The summed E-state index contributed by atoms with van der Waals surface area (Å²) >= 11 is 6.29. The van der Waals surface area contributed by atoms with Crippen molar-refractivity contribution in [1.29, 1.82) is 0 Å². The summed E-state index contributed by atoms with van der Waals surface area (Å²) in [6.45, 7) is 9.64. The number of rotatable bonds is 3. The number of fused-ring (bicyclic) bond motifs is 2. The van der Waals surface area contributed by atoms with Gasteiger partial charge in [0.15, 0.2) is 0 Å². The number of amidine groups is 1. The molecule has 0 spiro atoms. The standard InChI is InChI=1S/C23H29ClN4/c1-4-5-18-14-28(11-10-25-18)23-19-12-16(15(2)3)6-8-20(19)26-21-9-7-17(24)13-22(21)27-23/h6-9,12-13,15,18,25-26H,4-5,10-11,14H2,1-3H3/t18-/m0/s1. The van der Waals surface area contributed by atoms with Gasteiger partial charge in [0.1, 0.15) is 5.84 Å². The van der Waals surface area contributed by atoms with Crippen LogP contribution in [0.5, 0.6) is 0 Å². The molecule has 0 unspecified atom stereocenters. The van der Waals surface area contributed by atoms with Crippen LogP contribution in [0.3, 0.4) is 0 Å². The molecule has 148 valence electrons. The topological polar surface area (TPSA) is 39.7 Å². The molecule has 0 bridgehead atoms. The molecule has 0 radical (unpaired) electrons. The summed E-state index contributed by atoms with van der Waals surface area (Å²) < 4.78 is 0. The van der Waals surface area contributed by atoms with Gasteiger partial charge in [-0.15, -0.1) is 0 Å². The maximum Gasteiger partial charge on any atom is 0.138 e. The Labute approximate surface area is 173 Å². The van der Waals surface area contributed by atoms with Crippen molar-refractivity contribution in [3.05, 3.63) is 52.5 Å². The molecule has 1 fully saturated rings. The van der Waals surface area contributed by atoms with Gasteiger partial charge in [-0.05, 0) is 48.2 Å². The molecule has 0 amide bonds. The SMILES string of the molecule is CCC[C@H]1CN(C2=Nc3cc(Cl)ccc3Nc3ccc(C(C)C)cc32)CCN1. The van der Waals surface area contributed by atoms with Crippen molar-refractivity contribution >= 4 is 34.5 Å². The van der Waals surface area contributed by atoms with Crippen molar-refractivity contribution in [1.82, 2.24) is 10.2 Å². The molecule has 2 aromatic rings. The minimum absolute atomic E-state index is 0.475. The predicted molar refractivity (Wildman–Crippen MR) is 120 cm³/mol. The second-order valence-electron chi connectivity index (χ2n) is 8.07. The molecule has 2 N–H and O–H groups in total. The molecule has 5 heteroatoms. The van der Waals surface area contributed by atoms with Crippen LogP contribution in [0.2, 0.25) is 5.02 Å². The van der Waals surface area contributed by atoms with Crippen LogP contribution in [0, 0.1) is 0 Å². The zero-order valence-electron chi connectivity index (χ0n) is 16.9. The lowest BCUT2D eigenvalue weighted by molar-refractivity contribution is 0.281. The second-order valence-corrected chi connectivity index (χ2v) is 8.50. The highest BCUT2D eigenvalue weighted by Gasteiger charge is 2.26. The molecular formula is C23H29ClN4. The van der Waals surface area contributed by atoms with Gasteiger partial charge in [-0.3, -0.25) is 0 Å². The maximum absolute atomic E-state index is 6.29. The van der Waals surface area contributed by atoms with Gasteiger partial charge in [0, 0.05) is 41.9 Å². The first-order valence-corrected chi connectivity index (χ1v) is 10.7. The Morgan fingerprint density at radius 1 is 1.18 bits per heavy atom. The summed E-state index contributed by atoms with van der Waals surface area (Å²) in [7, 11) is 0. The Morgan fingerprint density at radius 3 is 2.79 bits per heavy atom. The number of halogens is 1. The molecule has 0 aliphatic carbocycles. The smallest absolute Gasteiger partial charge is 0.138 e. The zero-order chi connectivity index (χ0) is 19.7. The van der Waals surface area contributed by atoms with Crippen LogP contribution in [0.4, 0.5) is 17.1 Å². The number of anilines is 2. The van der Waals surface area contributed by atoms with Gasteiger partial charge in [-0.1, -0.05) is 44.9 Å². The third-order valence-corrected chi connectivity index (χ3v) is 5.83. The summed E-state index contributed by atoms with van der Waals surface area (Å²) in [6.07, 6.45) is 2.37. The molecule has 2 aromatic carbocycles. The lowest BCUT2D eigenvalue weighted by Gasteiger charge is -2.36. The van der Waals surface area contributed by atoms with E-state index in [1.807, 2.05) is 18.2 Å². The van der Waals surface area contributed by atoms with Gasteiger partial charge in [-0.2, -0.15) is 0 Å². The predicted octanol–water partition coefficient (Wildman–Crippen LogP) is 5.67. The van der Waals surface area contributed by atoms with Crippen LogP contribution in [0.1, 0.15) is 50.7 Å². The quantitative estimate of drug-likeness (QED) is 0.701. The molecule has 2 aliphatic heterocycles. The zero-order valence-corrected chi connectivity index (χ0v) is 17.7. The van der Waals surface area contributed by atoms with E-state index in [1.165, 1.54) is 24.0 Å². The van der Waals surface area contributed by atoms with Crippen LogP contribution < -0.4 is 10.6 Å². The van der Waals surface area contributed by atoms with Gasteiger partial charge < -0.3 is 15.5 Å². The van der Waals surface area contributed by atoms with Crippen molar-refractivity contribution < 1.29 is 0 Å². The van der Waals surface area contributed by atoms with Gasteiger partial charge in [-0.25, -0.2) is 4.99 Å². The number of hydrogen-bond acceptors (Lipinski definition) is 4. The van der Waals surface area contributed by atoms with E-state index in [-0.39, 0.29) is 0 Å². The van der Waals surface area contributed by atoms with Gasteiger partial charge in [0.25, 0.3) is 0 Å². The normalized spacial score (nSPS) is 18.8. The molecule has 0 aromatic heterocycles. The number of aliphatic imine (C=N–C) groups is 1. The summed E-state index contributed by atoms with van der Waals surface area (Å²) in [5, 5.41) is 7.95. The summed E-state index contributed by atoms with van der Waals surface area (Å²) in [5.74, 6) is 1.52. The molecule has 4 nitrogen and oxygen atoms in total. The molecular weight excluding hydrogens is 368 g/mol. The van der Waals surface area contributed by atoms with E-state index in [0.717, 1.165) is 42.5 Å². The average molecular weight is 397 g/mol. The molecule has 2 heterocycles. The van der Waals surface area contributed by atoms with Crippen LogP contribution in [-0.2, 0) is 0 Å². The third kappa shape index (κ3) is 3.89. The molecule has 1 saturated heterocycles. The molecule has 28 heavy (non-hydrogen) atoms. The molecule has 0 saturated carbocycles. The first kappa shape index (κ1) is 19.3. The van der Waals surface area contributed by atoms with E-state index in [9.17, 15) is 0 Å². The molecule has 4 rings (SSSR count). The van der Waals surface area contributed by atoms with Gasteiger partial charge in [0.05, 0.1) is 11.4 Å². The fourth-order valence-corrected chi connectivity index (χ4v) is 4.20. The minimum atomic E-state index is 0.475. The molecule has 1 atom stereocenters. The van der Waals surface area contributed by atoms with Crippen LogP contribution in [0.15, 0.2) is 41.4 Å². The Morgan fingerprint density at radius 2 is 2.00 bits per heavy atom. The fraction of sp³-hybridized carbons (Fsp3) is 0.435. The van der Waals surface area contributed by atoms with Crippen LogP contribution in [-0.4, -0.2) is 36.4 Å². The summed E-state index contributed by atoms with van der Waals surface area (Å²) in [5.41, 5.74) is 5.51. The fourth-order valence-electron chi connectivity index (χ4n) is 4.04. The third-order valence-electron chi connectivity index (χ3n) is 5.60. The first-order valence-electron chi connectivity index (χ1n) is 10.3. The Hall–Kier alpha value is -2.04. The van der Waals surface area contributed by atoms with Crippen LogP contribution in [0.25, 0.3) is 0 Å². The van der Waals surface area contributed by atoms with E-state index < -0.39 is 0 Å². The number of hydrogen-bond donors (Lipinski definition) is 2. The van der Waals surface area contributed by atoms with Crippen molar-refractivity contribution in [2.45, 2.75) is 45.6 Å². The Kier molecular flexibility index (Phi) is 5.61. The Balaban J connectivity index is 1.82. The minimum Gasteiger partial charge on any atom is -0.353 e.